The summed E-state index contributed by atoms with van der Waals surface area (Å²) in [4.78, 5) is 22.9. The summed E-state index contributed by atoms with van der Waals surface area (Å²) in [5, 5.41) is 29.7. The number of hydrogen-bond acceptors (Lipinski definition) is 6. The first-order chi connectivity index (χ1) is 14.2. The molecule has 0 saturated carbocycles. The van der Waals surface area contributed by atoms with Crippen molar-refractivity contribution in [3.63, 3.8) is 0 Å². The SMILES string of the molecule is CC1(C)CC(c2ccc(F)c(CO)c2)=C(C#CP(=O)([O-])C[C@@H](O)CC(=O)[O-])C(C)(C)C1.[Li+].[Li+]. The Morgan fingerprint density at radius 1 is 1.27 bits per heavy atom. The molecule has 0 radical (unpaired) electrons. The van der Waals surface area contributed by atoms with Gasteiger partial charge in [-0.15, -0.1) is 0 Å². The minimum atomic E-state index is -4.39. The molecule has 170 valence electrons. The van der Waals surface area contributed by atoms with Gasteiger partial charge in [-0.05, 0) is 52.6 Å². The van der Waals surface area contributed by atoms with E-state index in [-0.39, 0.29) is 48.7 Å². The number of carboxylic acids is 1. The molecule has 0 aromatic heterocycles. The van der Waals surface area contributed by atoms with Gasteiger partial charge in [-0.3, -0.25) is 0 Å². The molecule has 0 amide bonds. The van der Waals surface area contributed by atoms with Crippen LogP contribution in [-0.4, -0.2) is 28.4 Å². The van der Waals surface area contributed by atoms with Crippen LogP contribution in [0.15, 0.2) is 23.8 Å². The molecule has 0 bridgehead atoms. The first kappa shape index (κ1) is 32.2. The largest absolute Gasteiger partial charge is 1.00 e. The maximum atomic E-state index is 13.9. The third-order valence-corrected chi connectivity index (χ3v) is 6.68. The molecule has 2 rings (SSSR count). The van der Waals surface area contributed by atoms with Gasteiger partial charge in [-0.1, -0.05) is 39.7 Å². The maximum Gasteiger partial charge on any atom is 1.00 e. The van der Waals surface area contributed by atoms with Gasteiger partial charge in [0.25, 0.3) is 0 Å². The number of hydrogen-bond donors (Lipinski definition) is 2. The van der Waals surface area contributed by atoms with E-state index in [1.54, 1.807) is 12.1 Å². The summed E-state index contributed by atoms with van der Waals surface area (Å²) in [6, 6.07) is 4.40. The number of aliphatic carboxylic acids is 1. The van der Waals surface area contributed by atoms with Crippen molar-refractivity contribution in [3.05, 3.63) is 40.7 Å². The van der Waals surface area contributed by atoms with E-state index < -0.39 is 49.9 Å². The molecular formula is C23H28FLi2O6P. The van der Waals surface area contributed by atoms with Gasteiger partial charge in [0.15, 0.2) is 0 Å². The average molecular weight is 464 g/mol. The van der Waals surface area contributed by atoms with Crippen molar-refractivity contribution in [3.8, 4) is 11.6 Å². The van der Waals surface area contributed by atoms with Crippen LogP contribution < -0.4 is 47.7 Å². The first-order valence-corrected chi connectivity index (χ1v) is 11.8. The number of allylic oxidation sites excluding steroid dienone is 2. The van der Waals surface area contributed by atoms with Gasteiger partial charge in [-0.25, -0.2) is 4.39 Å². The van der Waals surface area contributed by atoms with Crippen LogP contribution in [0.4, 0.5) is 4.39 Å². The third kappa shape index (κ3) is 9.07. The molecule has 1 aliphatic carbocycles. The molecule has 0 spiro atoms. The fourth-order valence-corrected chi connectivity index (χ4v) is 5.48. The number of halogens is 1. The Labute approximate surface area is 218 Å². The van der Waals surface area contributed by atoms with E-state index in [0.29, 0.717) is 17.6 Å². The molecule has 1 aromatic carbocycles. The quantitative estimate of drug-likeness (QED) is 0.252. The number of carbonyl (C=O) groups is 1. The molecule has 0 saturated heterocycles. The number of benzene rings is 1. The fourth-order valence-electron chi connectivity index (χ4n) is 4.42. The Bertz CT molecular complexity index is 1010. The Balaban J connectivity index is 0.00000512. The molecule has 6 nitrogen and oxygen atoms in total. The van der Waals surface area contributed by atoms with Crippen LogP contribution in [0.1, 0.15) is 58.1 Å². The summed E-state index contributed by atoms with van der Waals surface area (Å²) in [7, 11) is -4.39. The molecule has 0 heterocycles. The van der Waals surface area contributed by atoms with Gasteiger partial charge >= 0.3 is 37.7 Å². The van der Waals surface area contributed by atoms with E-state index in [4.69, 9.17) is 0 Å². The van der Waals surface area contributed by atoms with Gasteiger partial charge in [0, 0.05) is 29.7 Å². The smallest absolute Gasteiger partial charge is 0.790 e. The number of rotatable bonds is 6. The summed E-state index contributed by atoms with van der Waals surface area (Å²) < 4.78 is 26.3. The number of aliphatic hydroxyl groups excluding tert-OH is 2. The van der Waals surface area contributed by atoms with Crippen LogP contribution in [0.3, 0.4) is 0 Å². The molecule has 2 N–H and O–H groups in total. The van der Waals surface area contributed by atoms with Gasteiger partial charge in [-0.2, -0.15) is 0 Å². The van der Waals surface area contributed by atoms with E-state index in [1.165, 1.54) is 6.07 Å². The number of carbonyl (C=O) groups excluding carboxylic acids is 1. The first-order valence-electron chi connectivity index (χ1n) is 10.0. The zero-order valence-corrected chi connectivity index (χ0v) is 21.1. The number of aliphatic hydroxyl groups is 2. The average Bonchev–Trinajstić information content (AvgIpc) is 2.57. The Kier molecular flexibility index (Phi) is 12.0. The van der Waals surface area contributed by atoms with E-state index in [0.717, 1.165) is 12.0 Å². The van der Waals surface area contributed by atoms with E-state index in [2.05, 4.69) is 25.4 Å². The second-order valence-corrected chi connectivity index (χ2v) is 11.5. The topological polar surface area (TPSA) is 121 Å². The molecule has 1 aromatic rings. The summed E-state index contributed by atoms with van der Waals surface area (Å²) in [6.45, 7) is 7.62. The van der Waals surface area contributed by atoms with E-state index >= 15 is 0 Å². The molecule has 0 fully saturated rings. The maximum absolute atomic E-state index is 13.9. The van der Waals surface area contributed by atoms with E-state index in [9.17, 15) is 34.0 Å². The summed E-state index contributed by atoms with van der Waals surface area (Å²) >= 11 is 0. The van der Waals surface area contributed by atoms with Crippen LogP contribution >= 0.6 is 7.37 Å². The predicted octanol–water partition coefficient (Wildman–Crippen LogP) is -3.97. The zero-order valence-electron chi connectivity index (χ0n) is 20.2. The summed E-state index contributed by atoms with van der Waals surface area (Å²) in [5.74, 6) is 0.701. The molecular weight excluding hydrogens is 436 g/mol. The fraction of sp³-hybridized carbons (Fsp3) is 0.522. The van der Waals surface area contributed by atoms with Crippen molar-refractivity contribution in [1.82, 2.24) is 0 Å². The monoisotopic (exact) mass is 464 g/mol. The van der Waals surface area contributed by atoms with Crippen LogP contribution in [0.25, 0.3) is 5.57 Å². The second kappa shape index (κ2) is 12.3. The molecule has 0 aliphatic heterocycles. The van der Waals surface area contributed by atoms with Gasteiger partial charge < -0.3 is 29.6 Å². The van der Waals surface area contributed by atoms with Crippen molar-refractivity contribution in [2.75, 3.05) is 6.16 Å². The van der Waals surface area contributed by atoms with Gasteiger partial charge in [0.2, 0.25) is 0 Å². The Morgan fingerprint density at radius 2 is 1.88 bits per heavy atom. The normalized spacial score (nSPS) is 19.2. The molecule has 10 heteroatoms. The molecule has 1 unspecified atom stereocenters. The zero-order chi connectivity index (χ0) is 23.6. The minimum absolute atomic E-state index is 0. The van der Waals surface area contributed by atoms with Crippen LogP contribution in [0.2, 0.25) is 0 Å². The van der Waals surface area contributed by atoms with Crippen molar-refractivity contribution in [2.24, 2.45) is 10.8 Å². The van der Waals surface area contributed by atoms with Crippen molar-refractivity contribution < 1.29 is 71.7 Å². The van der Waals surface area contributed by atoms with Crippen molar-refractivity contribution in [2.45, 2.75) is 59.7 Å². The standard InChI is InChI=1S/C23H30FO6P.2Li/c1-22(2)11-18(15-5-6-20(24)16(9-15)12-25)19(23(3,4)14-22)7-8-31(29,30)13-17(26)10-21(27)28;;/h5-6,9,17,25-26H,10-14H2,1-4H3,(H,27,28)(H,29,30);;/q;2*+1/p-2/t17-;;/m0../s1. The minimum Gasteiger partial charge on any atom is -0.790 e. The van der Waals surface area contributed by atoms with Crippen molar-refractivity contribution in [1.29, 1.82) is 0 Å². The molecule has 1 aliphatic rings. The van der Waals surface area contributed by atoms with E-state index in [1.807, 2.05) is 13.8 Å². The third-order valence-electron chi connectivity index (χ3n) is 5.32. The Morgan fingerprint density at radius 3 is 2.42 bits per heavy atom. The second-order valence-electron chi connectivity index (χ2n) is 9.54. The van der Waals surface area contributed by atoms with Gasteiger partial charge in [0.1, 0.15) is 5.82 Å². The van der Waals surface area contributed by atoms with Crippen LogP contribution in [-0.2, 0) is 16.0 Å². The van der Waals surface area contributed by atoms with Crippen molar-refractivity contribution >= 4 is 18.9 Å². The predicted molar refractivity (Wildman–Crippen MR) is 112 cm³/mol. The summed E-state index contributed by atoms with van der Waals surface area (Å²) in [5.41, 5.74) is 3.81. The van der Waals surface area contributed by atoms with Crippen LogP contribution in [0.5, 0.6) is 0 Å². The molecule has 2 atom stereocenters. The van der Waals surface area contributed by atoms with Crippen LogP contribution in [0, 0.1) is 28.2 Å². The summed E-state index contributed by atoms with van der Waals surface area (Å²) in [6.07, 6.45) is -1.86. The number of carboxylic acid groups (broad SMARTS) is 1. The van der Waals surface area contributed by atoms with Gasteiger partial charge in [0.05, 0.1) is 20.1 Å². The molecule has 33 heavy (non-hydrogen) atoms. The Hall–Kier alpha value is -0.775.